The molecule has 1 rings (SSSR count). The van der Waals surface area contributed by atoms with E-state index in [2.05, 4.69) is 15.9 Å². The van der Waals surface area contributed by atoms with Crippen LogP contribution >= 0.6 is 15.9 Å². The highest BCUT2D eigenvalue weighted by atomic mass is 79.9. The van der Waals surface area contributed by atoms with E-state index in [4.69, 9.17) is 4.74 Å². The van der Waals surface area contributed by atoms with Gasteiger partial charge in [-0.05, 0) is 38.8 Å². The smallest absolute Gasteiger partial charge is 0.410 e. The second-order valence-corrected chi connectivity index (χ2v) is 6.10. The molecule has 0 atom stereocenters. The van der Waals surface area contributed by atoms with Gasteiger partial charge < -0.3 is 9.64 Å². The van der Waals surface area contributed by atoms with Crippen LogP contribution < -0.4 is 0 Å². The predicted octanol–water partition coefficient (Wildman–Crippen LogP) is 3.86. The summed E-state index contributed by atoms with van der Waals surface area (Å²) in [6, 6.07) is 8.02. The highest BCUT2D eigenvalue weighted by Crippen LogP contribution is 2.17. The van der Waals surface area contributed by atoms with Gasteiger partial charge in [0, 0.05) is 18.1 Å². The molecule has 0 aliphatic carbocycles. The van der Waals surface area contributed by atoms with Crippen molar-refractivity contribution in [1.29, 1.82) is 0 Å². The van der Waals surface area contributed by atoms with Gasteiger partial charge in [0.2, 0.25) is 0 Å². The number of carbonyl (C=O) groups excluding carboxylic acids is 1. The Morgan fingerprint density at radius 1 is 1.33 bits per heavy atom. The van der Waals surface area contributed by atoms with E-state index in [1.807, 2.05) is 45.0 Å². The lowest BCUT2D eigenvalue weighted by atomic mass is 10.1. The summed E-state index contributed by atoms with van der Waals surface area (Å²) in [6.07, 6.45) is 0.520. The third kappa shape index (κ3) is 5.08. The molecule has 4 heteroatoms. The number of likely N-dealkylation sites (N-methyl/N-ethyl adjacent to an activating group) is 1. The minimum Gasteiger partial charge on any atom is -0.444 e. The molecule has 100 valence electrons. The number of hydrogen-bond acceptors (Lipinski definition) is 2. The summed E-state index contributed by atoms with van der Waals surface area (Å²) in [5, 5.41) is 0. The Labute approximate surface area is 117 Å². The molecule has 0 saturated heterocycles. The van der Waals surface area contributed by atoms with Crippen LogP contribution in [0, 0.1) is 0 Å². The van der Waals surface area contributed by atoms with Crippen molar-refractivity contribution in [2.75, 3.05) is 13.6 Å². The molecule has 0 bridgehead atoms. The summed E-state index contributed by atoms with van der Waals surface area (Å²) < 4.78 is 6.37. The monoisotopic (exact) mass is 313 g/mol. The Bertz CT molecular complexity index is 413. The van der Waals surface area contributed by atoms with Crippen LogP contribution in [0.3, 0.4) is 0 Å². The average molecular weight is 314 g/mol. The van der Waals surface area contributed by atoms with E-state index in [0.29, 0.717) is 6.54 Å². The number of rotatable bonds is 3. The molecule has 1 amide bonds. The standard InChI is InChI=1S/C14H20BrNO2/c1-14(2,3)18-13(17)16(4)10-9-11-7-5-6-8-12(11)15/h5-8H,9-10H2,1-4H3. The minimum atomic E-state index is -0.446. The Balaban J connectivity index is 2.49. The number of carbonyl (C=O) groups is 1. The van der Waals surface area contributed by atoms with E-state index in [1.54, 1.807) is 11.9 Å². The van der Waals surface area contributed by atoms with E-state index in [1.165, 1.54) is 5.56 Å². The van der Waals surface area contributed by atoms with Gasteiger partial charge in [-0.15, -0.1) is 0 Å². The quantitative estimate of drug-likeness (QED) is 0.848. The molecule has 0 N–H and O–H groups in total. The van der Waals surface area contributed by atoms with Crippen LogP contribution in [0.1, 0.15) is 26.3 Å². The number of amides is 1. The van der Waals surface area contributed by atoms with E-state index in [9.17, 15) is 4.79 Å². The van der Waals surface area contributed by atoms with Crippen molar-refractivity contribution < 1.29 is 9.53 Å². The van der Waals surface area contributed by atoms with E-state index < -0.39 is 5.60 Å². The van der Waals surface area contributed by atoms with Crippen molar-refractivity contribution in [3.63, 3.8) is 0 Å². The molecule has 0 aliphatic heterocycles. The normalized spacial score (nSPS) is 11.2. The van der Waals surface area contributed by atoms with Crippen molar-refractivity contribution in [3.05, 3.63) is 34.3 Å². The zero-order valence-electron chi connectivity index (χ0n) is 11.4. The van der Waals surface area contributed by atoms with Gasteiger partial charge in [-0.1, -0.05) is 34.1 Å². The molecule has 0 unspecified atom stereocenters. The third-order valence-electron chi connectivity index (χ3n) is 2.38. The van der Waals surface area contributed by atoms with Gasteiger partial charge in [-0.25, -0.2) is 4.79 Å². The molecule has 1 aromatic rings. The van der Waals surface area contributed by atoms with Crippen molar-refractivity contribution >= 4 is 22.0 Å². The molecule has 0 spiro atoms. The molecule has 1 aromatic carbocycles. The molecule has 18 heavy (non-hydrogen) atoms. The van der Waals surface area contributed by atoms with Gasteiger partial charge in [0.05, 0.1) is 0 Å². The molecule has 0 heterocycles. The van der Waals surface area contributed by atoms with Crippen molar-refractivity contribution in [2.24, 2.45) is 0 Å². The summed E-state index contributed by atoms with van der Waals surface area (Å²) in [4.78, 5) is 13.4. The predicted molar refractivity (Wildman–Crippen MR) is 76.7 cm³/mol. The fourth-order valence-corrected chi connectivity index (χ4v) is 1.90. The third-order valence-corrected chi connectivity index (χ3v) is 3.15. The van der Waals surface area contributed by atoms with Crippen LogP contribution in [0.4, 0.5) is 4.79 Å². The first-order valence-electron chi connectivity index (χ1n) is 5.97. The Morgan fingerprint density at radius 2 is 1.94 bits per heavy atom. The lowest BCUT2D eigenvalue weighted by Crippen LogP contribution is -2.35. The van der Waals surface area contributed by atoms with Gasteiger partial charge in [-0.2, -0.15) is 0 Å². The first kappa shape index (κ1) is 15.0. The second-order valence-electron chi connectivity index (χ2n) is 5.24. The number of ether oxygens (including phenoxy) is 1. The van der Waals surface area contributed by atoms with Gasteiger partial charge in [0.1, 0.15) is 5.60 Å². The van der Waals surface area contributed by atoms with Crippen LogP contribution in [-0.2, 0) is 11.2 Å². The summed E-state index contributed by atoms with van der Waals surface area (Å²) in [7, 11) is 1.75. The van der Waals surface area contributed by atoms with Gasteiger partial charge >= 0.3 is 6.09 Å². The maximum Gasteiger partial charge on any atom is 0.410 e. The molecule has 0 aromatic heterocycles. The van der Waals surface area contributed by atoms with Crippen LogP contribution in [0.5, 0.6) is 0 Å². The highest BCUT2D eigenvalue weighted by Gasteiger charge is 2.19. The Hall–Kier alpha value is -1.03. The number of nitrogens with zero attached hydrogens (tertiary/aromatic N) is 1. The lowest BCUT2D eigenvalue weighted by molar-refractivity contribution is 0.0300. The van der Waals surface area contributed by atoms with E-state index >= 15 is 0 Å². The number of halogens is 1. The molecule has 3 nitrogen and oxygen atoms in total. The van der Waals surface area contributed by atoms with Gasteiger partial charge in [-0.3, -0.25) is 0 Å². The fourth-order valence-electron chi connectivity index (χ4n) is 1.42. The van der Waals surface area contributed by atoms with Crippen LogP contribution in [0.2, 0.25) is 0 Å². The maximum atomic E-state index is 11.8. The second kappa shape index (κ2) is 6.23. The molecular weight excluding hydrogens is 294 g/mol. The zero-order chi connectivity index (χ0) is 13.8. The topological polar surface area (TPSA) is 29.5 Å². The maximum absolute atomic E-state index is 11.8. The number of benzene rings is 1. The fraction of sp³-hybridized carbons (Fsp3) is 0.500. The van der Waals surface area contributed by atoms with Gasteiger partial charge in [0.15, 0.2) is 0 Å². The van der Waals surface area contributed by atoms with Crippen molar-refractivity contribution in [3.8, 4) is 0 Å². The number of hydrogen-bond donors (Lipinski definition) is 0. The molecular formula is C14H20BrNO2. The van der Waals surface area contributed by atoms with E-state index in [-0.39, 0.29) is 6.09 Å². The SMILES string of the molecule is CN(CCc1ccccc1Br)C(=O)OC(C)(C)C. The summed E-state index contributed by atoms with van der Waals surface area (Å²) in [5.41, 5.74) is 0.742. The Kier molecular flexibility index (Phi) is 5.20. The largest absolute Gasteiger partial charge is 0.444 e. The van der Waals surface area contributed by atoms with E-state index in [0.717, 1.165) is 10.9 Å². The molecule has 0 aliphatic rings. The zero-order valence-corrected chi connectivity index (χ0v) is 13.0. The first-order chi connectivity index (χ1) is 8.29. The first-order valence-corrected chi connectivity index (χ1v) is 6.76. The summed E-state index contributed by atoms with van der Waals surface area (Å²) in [6.45, 7) is 6.24. The summed E-state index contributed by atoms with van der Waals surface area (Å²) >= 11 is 3.50. The minimum absolute atomic E-state index is 0.283. The van der Waals surface area contributed by atoms with Gasteiger partial charge in [0.25, 0.3) is 0 Å². The highest BCUT2D eigenvalue weighted by molar-refractivity contribution is 9.10. The van der Waals surface area contributed by atoms with Crippen molar-refractivity contribution in [1.82, 2.24) is 4.90 Å². The summed E-state index contributed by atoms with van der Waals surface area (Å²) in [5.74, 6) is 0. The Morgan fingerprint density at radius 3 is 2.50 bits per heavy atom. The molecule has 0 radical (unpaired) electrons. The van der Waals surface area contributed by atoms with Crippen LogP contribution in [-0.4, -0.2) is 30.2 Å². The molecule has 0 fully saturated rings. The van der Waals surface area contributed by atoms with Crippen LogP contribution in [0.25, 0.3) is 0 Å². The lowest BCUT2D eigenvalue weighted by Gasteiger charge is -2.24. The van der Waals surface area contributed by atoms with Crippen molar-refractivity contribution in [2.45, 2.75) is 32.8 Å². The van der Waals surface area contributed by atoms with Crippen LogP contribution in [0.15, 0.2) is 28.7 Å². The molecule has 0 saturated carbocycles. The average Bonchev–Trinajstić information content (AvgIpc) is 2.25.